The van der Waals surface area contributed by atoms with E-state index in [0.29, 0.717) is 0 Å². The monoisotopic (exact) mass is 682 g/mol. The first-order valence-electron chi connectivity index (χ1n) is 12.9. The number of fused-ring (bicyclic) bond motifs is 1. The van der Waals surface area contributed by atoms with Crippen LogP contribution in [0.5, 0.6) is 28.7 Å². The van der Waals surface area contributed by atoms with Crippen LogP contribution in [0.15, 0.2) is 100 Å². The van der Waals surface area contributed by atoms with E-state index in [4.69, 9.17) is 14.7 Å². The van der Waals surface area contributed by atoms with Crippen LogP contribution in [-0.2, 0) is 20.0 Å². The van der Waals surface area contributed by atoms with Gasteiger partial charge in [-0.15, -0.1) is 10.2 Å². The van der Waals surface area contributed by atoms with Crippen LogP contribution < -0.4 is 15.7 Å². The van der Waals surface area contributed by atoms with Crippen LogP contribution in [0.4, 0.5) is 22.7 Å². The molecule has 47 heavy (non-hydrogen) atoms. The third-order valence-corrected chi connectivity index (χ3v) is 8.53. The molecule has 4 aromatic carbocycles. The lowest BCUT2D eigenvalue weighted by Gasteiger charge is -2.13. The molecule has 0 aliphatic carbocycles. The van der Waals surface area contributed by atoms with Gasteiger partial charge in [0.15, 0.2) is 40.0 Å². The Morgan fingerprint density at radius 2 is 1.09 bits per heavy atom. The minimum atomic E-state index is -4.02. The molecule has 0 aliphatic heterocycles. The van der Waals surface area contributed by atoms with Crippen molar-refractivity contribution >= 4 is 53.8 Å². The zero-order chi connectivity index (χ0) is 34.4. The van der Waals surface area contributed by atoms with E-state index in [-0.39, 0.29) is 43.4 Å². The first-order chi connectivity index (χ1) is 22.0. The first kappa shape index (κ1) is 32.5. The molecule has 0 atom stereocenters. The lowest BCUT2D eigenvalue weighted by atomic mass is 10.0. The fraction of sp³-hybridized carbons (Fsp3) is 0.0357. The molecule has 0 unspecified atom stereocenters. The van der Waals surface area contributed by atoms with Gasteiger partial charge in [0.2, 0.25) is 31.2 Å². The number of aryl methyl sites for hydroxylation is 1. The number of nitrogens with zero attached hydrogens (tertiary/aromatic N) is 4. The van der Waals surface area contributed by atoms with Crippen LogP contribution in [0.3, 0.4) is 0 Å². The second kappa shape index (κ2) is 11.8. The van der Waals surface area contributed by atoms with Crippen molar-refractivity contribution in [3.05, 3.63) is 76.5 Å². The zero-order valence-corrected chi connectivity index (χ0v) is 25.4. The SMILES string of the molecule is Cc1c(N=Nc2ccc(S(N)(=O)=O)cc2)c(O)c(N=Nc2ccc(S(N)(=O)=O)cc2)c2oc(-c3cc(O)c(O)c(O)c3)c(O)c(=O)c12. The van der Waals surface area contributed by atoms with Gasteiger partial charge in [0.25, 0.3) is 0 Å². The molecule has 0 radical (unpaired) electrons. The summed E-state index contributed by atoms with van der Waals surface area (Å²) in [4.78, 5) is 13.1. The van der Waals surface area contributed by atoms with Crippen LogP contribution in [0.2, 0.25) is 0 Å². The van der Waals surface area contributed by atoms with E-state index in [2.05, 4.69) is 20.5 Å². The highest BCUT2D eigenvalue weighted by Crippen LogP contribution is 2.49. The van der Waals surface area contributed by atoms with Gasteiger partial charge in [0, 0.05) is 5.56 Å². The molecule has 9 N–H and O–H groups in total. The normalized spacial score (nSPS) is 12.4. The number of primary sulfonamides is 2. The Labute approximate surface area is 264 Å². The third-order valence-electron chi connectivity index (χ3n) is 6.68. The summed E-state index contributed by atoms with van der Waals surface area (Å²) in [7, 11) is -8.00. The molecule has 0 bridgehead atoms. The highest BCUT2D eigenvalue weighted by Gasteiger charge is 2.26. The number of phenols is 4. The summed E-state index contributed by atoms with van der Waals surface area (Å²) in [6.45, 7) is 1.35. The van der Waals surface area contributed by atoms with Crippen LogP contribution in [0, 0.1) is 6.92 Å². The quantitative estimate of drug-likeness (QED) is 0.0930. The van der Waals surface area contributed by atoms with E-state index in [1.54, 1.807) is 0 Å². The Kier molecular flexibility index (Phi) is 8.16. The Hall–Kier alpha value is -5.89. The van der Waals surface area contributed by atoms with Gasteiger partial charge < -0.3 is 29.9 Å². The van der Waals surface area contributed by atoms with E-state index in [1.165, 1.54) is 43.3 Å². The molecule has 0 amide bonds. The maximum Gasteiger partial charge on any atom is 0.238 e. The van der Waals surface area contributed by atoms with Crippen molar-refractivity contribution in [3.8, 4) is 40.1 Å². The Morgan fingerprint density at radius 3 is 1.53 bits per heavy atom. The molecule has 0 saturated heterocycles. The van der Waals surface area contributed by atoms with E-state index in [1.807, 2.05) is 0 Å². The van der Waals surface area contributed by atoms with E-state index in [9.17, 15) is 47.2 Å². The number of rotatable bonds is 7. The van der Waals surface area contributed by atoms with Crippen LogP contribution in [0.1, 0.15) is 5.56 Å². The molecule has 1 aromatic heterocycles. The fourth-order valence-electron chi connectivity index (χ4n) is 4.32. The standard InChI is InChI=1S/C28H22N6O11S2/c1-12-20-24(38)26(40)27(13-10-18(35)23(37)19(36)11-13)45-28(20)22(34-32-15-4-8-17(9-5-15)47(30,43)44)25(39)21(12)33-31-14-2-6-16(7-3-14)46(29,41)42/h2-11,35-37,39-40H,1H3,(H2,29,41,42)(H2,30,43,44). The molecule has 242 valence electrons. The molecule has 5 aromatic rings. The van der Waals surface area contributed by atoms with Crippen molar-refractivity contribution in [2.45, 2.75) is 16.7 Å². The van der Waals surface area contributed by atoms with Crippen molar-refractivity contribution < 1.29 is 46.8 Å². The maximum absolute atomic E-state index is 13.6. The van der Waals surface area contributed by atoms with Crippen molar-refractivity contribution in [1.29, 1.82) is 0 Å². The summed E-state index contributed by atoms with van der Waals surface area (Å²) in [6.07, 6.45) is 0. The van der Waals surface area contributed by atoms with E-state index >= 15 is 0 Å². The second-order valence-corrected chi connectivity index (χ2v) is 12.9. The van der Waals surface area contributed by atoms with Gasteiger partial charge in [-0.05, 0) is 73.2 Å². The summed E-state index contributed by atoms with van der Waals surface area (Å²) >= 11 is 0. The third kappa shape index (κ3) is 6.31. The topological polar surface area (TPSA) is 301 Å². The van der Waals surface area contributed by atoms with Crippen molar-refractivity contribution in [2.75, 3.05) is 0 Å². The fourth-order valence-corrected chi connectivity index (χ4v) is 5.35. The first-order valence-corrected chi connectivity index (χ1v) is 16.0. The summed E-state index contributed by atoms with van der Waals surface area (Å²) in [6, 6.07) is 11.5. The number of sulfonamides is 2. The van der Waals surface area contributed by atoms with Crippen LogP contribution in [0.25, 0.3) is 22.3 Å². The predicted molar refractivity (Wildman–Crippen MR) is 165 cm³/mol. The van der Waals surface area contributed by atoms with E-state index in [0.717, 1.165) is 24.3 Å². The smallest absolute Gasteiger partial charge is 0.238 e. The van der Waals surface area contributed by atoms with E-state index < -0.39 is 71.3 Å². The van der Waals surface area contributed by atoms with Gasteiger partial charge >= 0.3 is 0 Å². The minimum absolute atomic E-state index is 0.0501. The molecule has 5 rings (SSSR count). The van der Waals surface area contributed by atoms with Crippen LogP contribution in [-0.4, -0.2) is 42.4 Å². The molecule has 1 heterocycles. The van der Waals surface area contributed by atoms with Gasteiger partial charge in [-0.25, -0.2) is 27.1 Å². The lowest BCUT2D eigenvalue weighted by molar-refractivity contribution is 0.368. The Balaban J connectivity index is 1.75. The summed E-state index contributed by atoms with van der Waals surface area (Å²) < 4.78 is 52.2. The molecular formula is C28H22N6O11S2. The average molecular weight is 683 g/mol. The second-order valence-electron chi connectivity index (χ2n) is 9.82. The highest BCUT2D eigenvalue weighted by atomic mass is 32.2. The lowest BCUT2D eigenvalue weighted by Crippen LogP contribution is -2.11. The summed E-state index contributed by atoms with van der Waals surface area (Å²) in [5.41, 5.74) is -2.45. The number of hydrogen-bond acceptors (Lipinski definition) is 15. The minimum Gasteiger partial charge on any atom is -0.504 e. The number of phenolic OH excluding ortho intramolecular Hbond substituents is 4. The van der Waals surface area contributed by atoms with Crippen molar-refractivity contribution in [3.63, 3.8) is 0 Å². The number of nitrogens with two attached hydrogens (primary N) is 2. The van der Waals surface area contributed by atoms with Gasteiger partial charge in [-0.3, -0.25) is 4.79 Å². The van der Waals surface area contributed by atoms with Gasteiger partial charge in [-0.1, -0.05) is 0 Å². The number of benzene rings is 4. The summed E-state index contributed by atoms with van der Waals surface area (Å²) in [5.74, 6) is -4.79. The average Bonchev–Trinajstić information content (AvgIpc) is 3.00. The molecule has 0 fully saturated rings. The largest absolute Gasteiger partial charge is 0.504 e. The molecular weight excluding hydrogens is 660 g/mol. The molecule has 0 saturated carbocycles. The molecule has 0 aliphatic rings. The van der Waals surface area contributed by atoms with Gasteiger partial charge in [0.1, 0.15) is 5.69 Å². The summed E-state index contributed by atoms with van der Waals surface area (Å²) in [5, 5.41) is 77.8. The molecule has 19 heteroatoms. The van der Waals surface area contributed by atoms with Crippen molar-refractivity contribution in [1.82, 2.24) is 0 Å². The maximum atomic E-state index is 13.6. The Bertz CT molecular complexity index is 2400. The molecule has 0 spiro atoms. The van der Waals surface area contributed by atoms with Gasteiger partial charge in [0.05, 0.1) is 26.6 Å². The number of aromatic hydroxyl groups is 5. The zero-order valence-electron chi connectivity index (χ0n) is 23.7. The number of azo groups is 2. The Morgan fingerprint density at radius 1 is 0.638 bits per heavy atom. The highest BCUT2D eigenvalue weighted by molar-refractivity contribution is 7.89. The number of hydrogen-bond donors (Lipinski definition) is 7. The predicted octanol–water partition coefficient (Wildman–Crippen LogP) is 4.42. The van der Waals surface area contributed by atoms with Crippen LogP contribution >= 0.6 is 0 Å². The van der Waals surface area contributed by atoms with Gasteiger partial charge in [-0.2, -0.15) is 10.2 Å². The molecule has 17 nitrogen and oxygen atoms in total. The van der Waals surface area contributed by atoms with Crippen molar-refractivity contribution in [2.24, 2.45) is 30.7 Å².